The van der Waals surface area contributed by atoms with Gasteiger partial charge < -0.3 is 15.2 Å². The fourth-order valence-corrected chi connectivity index (χ4v) is 1.57. The molecule has 0 unspecified atom stereocenters. The van der Waals surface area contributed by atoms with Crippen molar-refractivity contribution in [1.29, 1.82) is 0 Å². The number of carbonyl (C=O) groups excluding carboxylic acids is 1. The summed E-state index contributed by atoms with van der Waals surface area (Å²) in [5.74, 6) is 0. The molecule has 1 N–H and O–H groups in total. The van der Waals surface area contributed by atoms with Gasteiger partial charge in [0.2, 0.25) is 0 Å². The quantitative estimate of drug-likeness (QED) is 0.828. The molecule has 80 valence electrons. The zero-order valence-electron chi connectivity index (χ0n) is 8.51. The molecule has 0 bridgehead atoms. The molecule has 0 fully saturated rings. The maximum Gasteiger partial charge on any atom is 0.138 e. The van der Waals surface area contributed by atoms with Crippen molar-refractivity contribution in [1.82, 2.24) is 0 Å². The lowest BCUT2D eigenvalue weighted by atomic mass is 10.0. The largest absolute Gasteiger partial charge is 0.530 e. The minimum absolute atomic E-state index is 0.536. The van der Waals surface area contributed by atoms with Crippen LogP contribution < -0.4 is 10.4 Å². The maximum absolute atomic E-state index is 10.5. The predicted octanol–water partition coefficient (Wildman–Crippen LogP) is 2.11. The van der Waals surface area contributed by atoms with E-state index in [2.05, 4.69) is 5.32 Å². The van der Waals surface area contributed by atoms with Gasteiger partial charge in [-0.15, -0.1) is 0 Å². The van der Waals surface area contributed by atoms with Gasteiger partial charge in [-0.05, 0) is 11.6 Å². The highest BCUT2D eigenvalue weighted by molar-refractivity contribution is 5.89. The van der Waals surface area contributed by atoms with Crippen LogP contribution in [0.15, 0.2) is 54.6 Å². The maximum atomic E-state index is 10.5. The van der Waals surface area contributed by atoms with Crippen molar-refractivity contribution in [3.05, 3.63) is 54.6 Å². The van der Waals surface area contributed by atoms with Crippen molar-refractivity contribution < 1.29 is 9.90 Å². The van der Waals surface area contributed by atoms with Crippen molar-refractivity contribution >= 4 is 11.8 Å². The Morgan fingerprint density at radius 3 is 2.25 bits per heavy atom. The van der Waals surface area contributed by atoms with E-state index in [4.69, 9.17) is 0 Å². The standard InChI is InChI=1S/C13H11NO2/c15-13(16)14-12-9-5-4-8-11(12)10-6-2-1-3-7-10/h1-9,14H,(H,15,16)/p-1. The summed E-state index contributed by atoms with van der Waals surface area (Å²) in [6.45, 7) is 0. The van der Waals surface area contributed by atoms with Gasteiger partial charge in [0.25, 0.3) is 0 Å². The Hall–Kier alpha value is -2.29. The Labute approximate surface area is 93.4 Å². The number of rotatable bonds is 2. The van der Waals surface area contributed by atoms with Crippen molar-refractivity contribution in [3.63, 3.8) is 0 Å². The lowest BCUT2D eigenvalue weighted by Crippen LogP contribution is -2.28. The van der Waals surface area contributed by atoms with Gasteiger partial charge in [0.1, 0.15) is 6.09 Å². The zero-order valence-corrected chi connectivity index (χ0v) is 8.51. The molecular formula is C13H10NO2-. The Balaban J connectivity index is 2.44. The lowest BCUT2D eigenvalue weighted by molar-refractivity contribution is -0.242. The molecule has 0 aromatic heterocycles. The molecule has 0 heterocycles. The normalized spacial score (nSPS) is 9.75. The number of para-hydroxylation sites is 1. The first kappa shape index (κ1) is 10.2. The molecule has 2 rings (SSSR count). The topological polar surface area (TPSA) is 52.2 Å². The molecule has 1 amide bonds. The fourth-order valence-electron chi connectivity index (χ4n) is 1.57. The van der Waals surface area contributed by atoms with Gasteiger partial charge in [-0.3, -0.25) is 0 Å². The summed E-state index contributed by atoms with van der Waals surface area (Å²) in [5.41, 5.74) is 2.34. The molecule has 0 aliphatic rings. The second kappa shape index (κ2) is 4.49. The molecule has 0 aliphatic heterocycles. The van der Waals surface area contributed by atoms with Crippen LogP contribution in [0.2, 0.25) is 0 Å². The highest BCUT2D eigenvalue weighted by Gasteiger charge is 2.02. The number of carboxylic acid groups (broad SMARTS) is 1. The number of nitrogens with one attached hydrogen (secondary N) is 1. The van der Waals surface area contributed by atoms with Gasteiger partial charge in [-0.2, -0.15) is 0 Å². The Bertz CT molecular complexity index is 494. The van der Waals surface area contributed by atoms with Crippen LogP contribution >= 0.6 is 0 Å². The summed E-state index contributed by atoms with van der Waals surface area (Å²) in [6.07, 6.45) is -1.30. The van der Waals surface area contributed by atoms with Crippen LogP contribution in [0.25, 0.3) is 11.1 Å². The summed E-state index contributed by atoms with van der Waals surface area (Å²) in [6, 6.07) is 16.8. The Morgan fingerprint density at radius 2 is 1.56 bits per heavy atom. The van der Waals surface area contributed by atoms with Gasteiger partial charge in [-0.1, -0.05) is 48.5 Å². The number of carbonyl (C=O) groups is 1. The van der Waals surface area contributed by atoms with Crippen molar-refractivity contribution in [2.24, 2.45) is 0 Å². The summed E-state index contributed by atoms with van der Waals surface area (Å²) >= 11 is 0. The average Bonchev–Trinajstić information content (AvgIpc) is 2.30. The number of hydrogen-bond acceptors (Lipinski definition) is 2. The Kier molecular flexibility index (Phi) is 2.87. The molecule has 0 spiro atoms. The summed E-state index contributed by atoms with van der Waals surface area (Å²) < 4.78 is 0. The summed E-state index contributed by atoms with van der Waals surface area (Å²) in [5, 5.41) is 12.8. The van der Waals surface area contributed by atoms with Crippen LogP contribution in [0.4, 0.5) is 10.5 Å². The van der Waals surface area contributed by atoms with Gasteiger partial charge in [-0.25, -0.2) is 0 Å². The SMILES string of the molecule is O=C([O-])Nc1ccccc1-c1ccccc1. The van der Waals surface area contributed by atoms with Gasteiger partial charge >= 0.3 is 0 Å². The zero-order chi connectivity index (χ0) is 11.4. The fraction of sp³-hybridized carbons (Fsp3) is 0. The number of anilines is 1. The first-order chi connectivity index (χ1) is 7.77. The molecule has 0 atom stereocenters. The van der Waals surface area contributed by atoms with Crippen molar-refractivity contribution in [2.75, 3.05) is 5.32 Å². The molecule has 16 heavy (non-hydrogen) atoms. The third kappa shape index (κ3) is 2.20. The van der Waals surface area contributed by atoms with Gasteiger partial charge in [0, 0.05) is 11.3 Å². The third-order valence-corrected chi connectivity index (χ3v) is 2.25. The number of amides is 1. The summed E-state index contributed by atoms with van der Waals surface area (Å²) in [7, 11) is 0. The van der Waals surface area contributed by atoms with E-state index in [-0.39, 0.29) is 0 Å². The third-order valence-electron chi connectivity index (χ3n) is 2.25. The van der Waals surface area contributed by atoms with E-state index in [1.54, 1.807) is 12.1 Å². The van der Waals surface area contributed by atoms with E-state index in [1.165, 1.54) is 0 Å². The number of benzene rings is 2. The van der Waals surface area contributed by atoms with E-state index < -0.39 is 6.09 Å². The van der Waals surface area contributed by atoms with Gasteiger partial charge in [0.05, 0.1) is 0 Å². The number of hydrogen-bond donors (Lipinski definition) is 1. The molecule has 3 heteroatoms. The molecule has 0 aliphatic carbocycles. The Morgan fingerprint density at radius 1 is 0.938 bits per heavy atom. The summed E-state index contributed by atoms with van der Waals surface area (Å²) in [4.78, 5) is 10.5. The van der Waals surface area contributed by atoms with E-state index in [0.717, 1.165) is 11.1 Å². The van der Waals surface area contributed by atoms with E-state index in [0.29, 0.717) is 5.69 Å². The highest BCUT2D eigenvalue weighted by atomic mass is 16.4. The minimum Gasteiger partial charge on any atom is -0.530 e. The van der Waals surface area contributed by atoms with Crippen molar-refractivity contribution in [3.8, 4) is 11.1 Å². The van der Waals surface area contributed by atoms with Crippen LogP contribution in [0.5, 0.6) is 0 Å². The van der Waals surface area contributed by atoms with Crippen LogP contribution in [0, 0.1) is 0 Å². The highest BCUT2D eigenvalue weighted by Crippen LogP contribution is 2.27. The molecule has 3 nitrogen and oxygen atoms in total. The molecule has 2 aromatic carbocycles. The van der Waals surface area contributed by atoms with Crippen LogP contribution in [0.1, 0.15) is 0 Å². The molecular weight excluding hydrogens is 202 g/mol. The van der Waals surface area contributed by atoms with Crippen LogP contribution in [0.3, 0.4) is 0 Å². The van der Waals surface area contributed by atoms with E-state index in [9.17, 15) is 9.90 Å². The second-order valence-electron chi connectivity index (χ2n) is 3.32. The van der Waals surface area contributed by atoms with Crippen LogP contribution in [-0.2, 0) is 0 Å². The van der Waals surface area contributed by atoms with E-state index in [1.807, 2.05) is 42.5 Å². The first-order valence-electron chi connectivity index (χ1n) is 4.90. The predicted molar refractivity (Wildman–Crippen MR) is 60.9 cm³/mol. The first-order valence-corrected chi connectivity index (χ1v) is 4.90. The van der Waals surface area contributed by atoms with E-state index >= 15 is 0 Å². The molecule has 0 saturated heterocycles. The van der Waals surface area contributed by atoms with Crippen LogP contribution in [-0.4, -0.2) is 6.09 Å². The smallest absolute Gasteiger partial charge is 0.138 e. The molecule has 0 radical (unpaired) electrons. The second-order valence-corrected chi connectivity index (χ2v) is 3.32. The van der Waals surface area contributed by atoms with Gasteiger partial charge in [0.15, 0.2) is 0 Å². The minimum atomic E-state index is -1.30. The monoisotopic (exact) mass is 212 g/mol. The molecule has 0 saturated carbocycles. The average molecular weight is 212 g/mol. The molecule has 2 aromatic rings. The lowest BCUT2D eigenvalue weighted by Gasteiger charge is -2.12. The van der Waals surface area contributed by atoms with Crippen molar-refractivity contribution in [2.45, 2.75) is 0 Å².